The molecule has 0 unspecified atom stereocenters. The van der Waals surface area contributed by atoms with E-state index in [1.807, 2.05) is 36.4 Å². The van der Waals surface area contributed by atoms with Crippen LogP contribution >= 0.6 is 0 Å². The monoisotopic (exact) mass is 594 g/mol. The second-order valence-electron chi connectivity index (χ2n) is 12.3. The second-order valence-corrected chi connectivity index (χ2v) is 12.3. The molecule has 43 heavy (non-hydrogen) atoms. The molecule has 0 N–H and O–H groups in total. The Morgan fingerprint density at radius 2 is 1.05 bits per heavy atom. The van der Waals surface area contributed by atoms with Crippen LogP contribution in [0.4, 0.5) is 0 Å². The van der Waals surface area contributed by atoms with Crippen molar-refractivity contribution in [3.8, 4) is 17.2 Å². The molecule has 0 aromatic heterocycles. The third kappa shape index (κ3) is 12.9. The molecule has 2 aromatic carbocycles. The zero-order chi connectivity index (χ0) is 30.0. The van der Waals surface area contributed by atoms with Crippen molar-refractivity contribution in [2.24, 2.45) is 11.8 Å². The van der Waals surface area contributed by atoms with Crippen molar-refractivity contribution in [2.45, 2.75) is 103 Å². The van der Waals surface area contributed by atoms with Gasteiger partial charge in [0.1, 0.15) is 23.9 Å². The zero-order valence-electron chi connectivity index (χ0n) is 26.4. The molecule has 0 radical (unpaired) electrons. The summed E-state index contributed by atoms with van der Waals surface area (Å²) in [5.41, 5.74) is 2.55. The van der Waals surface area contributed by atoms with Gasteiger partial charge in [0, 0.05) is 13.7 Å². The van der Waals surface area contributed by atoms with Gasteiger partial charge >= 0.3 is 0 Å². The fourth-order valence-corrected chi connectivity index (χ4v) is 6.16. The first-order chi connectivity index (χ1) is 21.2. The molecule has 6 nitrogen and oxygen atoms in total. The first-order valence-electron chi connectivity index (χ1n) is 16.7. The van der Waals surface area contributed by atoms with Crippen molar-refractivity contribution < 1.29 is 28.7 Å². The molecule has 0 saturated heterocycles. The fourth-order valence-electron chi connectivity index (χ4n) is 6.16. The fraction of sp³-hybridized carbons (Fsp3) is 0.622. The van der Waals surface area contributed by atoms with Crippen molar-refractivity contribution in [1.29, 1.82) is 0 Å². The number of benzene rings is 2. The van der Waals surface area contributed by atoms with Crippen LogP contribution in [-0.4, -0.2) is 39.6 Å². The Morgan fingerprint density at radius 1 is 0.581 bits per heavy atom. The molecule has 6 heteroatoms. The van der Waals surface area contributed by atoms with Gasteiger partial charge < -0.3 is 18.9 Å². The minimum absolute atomic E-state index is 0.233. The van der Waals surface area contributed by atoms with Crippen molar-refractivity contribution in [3.63, 3.8) is 0 Å². The number of ether oxygens (including phenoxy) is 4. The number of allylic oxidation sites excluding steroid dienone is 1. The summed E-state index contributed by atoms with van der Waals surface area (Å²) in [6, 6.07) is 16.1. The summed E-state index contributed by atoms with van der Waals surface area (Å²) in [4.78, 5) is 11.4. The van der Waals surface area contributed by atoms with E-state index >= 15 is 0 Å². The number of unbranched alkanes of at least 4 members (excludes halogenated alkanes) is 4. The van der Waals surface area contributed by atoms with Crippen molar-refractivity contribution in [2.75, 3.05) is 33.5 Å². The lowest BCUT2D eigenvalue weighted by atomic mass is 9.72. The molecule has 0 heterocycles. The van der Waals surface area contributed by atoms with E-state index < -0.39 is 0 Å². The summed E-state index contributed by atoms with van der Waals surface area (Å²) >= 11 is 0. The molecule has 0 amide bonds. The van der Waals surface area contributed by atoms with Gasteiger partial charge in [0.2, 0.25) is 0 Å². The Balaban J connectivity index is 0.965. The van der Waals surface area contributed by atoms with Gasteiger partial charge in [-0.1, -0.05) is 24.3 Å². The van der Waals surface area contributed by atoms with E-state index in [4.69, 9.17) is 28.7 Å². The zero-order valence-corrected chi connectivity index (χ0v) is 26.4. The average molecular weight is 595 g/mol. The van der Waals surface area contributed by atoms with E-state index in [9.17, 15) is 0 Å². The summed E-state index contributed by atoms with van der Waals surface area (Å²) in [5.74, 6) is 4.43. The molecule has 238 valence electrons. The van der Waals surface area contributed by atoms with Crippen molar-refractivity contribution in [1.82, 2.24) is 0 Å². The Hall–Kier alpha value is -2.54. The van der Waals surface area contributed by atoms with Gasteiger partial charge in [0.25, 0.3) is 0 Å². The lowest BCUT2D eigenvalue weighted by Crippen LogP contribution is -2.27. The summed E-state index contributed by atoms with van der Waals surface area (Å²) < 4.78 is 22.6. The standard InChI is InChI=1S/C37H54O6/c1-30-9-13-32(14-10-30)33-15-19-37(20-16-33)43-42-29-31-11-17-34(18-12-31)39-26-5-3-4-6-27-40-35-21-23-36(24-22-35)41-28-8-7-25-38-2/h11-12,17-18,21-24,32-33,37H,1,3-10,13-16,19-20,25-29H2,2H3. The summed E-state index contributed by atoms with van der Waals surface area (Å²) in [5, 5.41) is 0. The highest BCUT2D eigenvalue weighted by Gasteiger charge is 2.29. The molecule has 0 bridgehead atoms. The summed E-state index contributed by atoms with van der Waals surface area (Å²) in [7, 11) is 1.73. The maximum atomic E-state index is 5.93. The van der Waals surface area contributed by atoms with E-state index in [2.05, 4.69) is 18.7 Å². The molecule has 2 aliphatic rings. The largest absolute Gasteiger partial charge is 0.494 e. The Morgan fingerprint density at radius 3 is 1.58 bits per heavy atom. The van der Waals surface area contributed by atoms with Crippen LogP contribution in [0.3, 0.4) is 0 Å². The molecule has 0 atom stereocenters. The minimum Gasteiger partial charge on any atom is -0.494 e. The highest BCUT2D eigenvalue weighted by atomic mass is 17.2. The Kier molecular flexibility index (Phi) is 15.3. The predicted molar refractivity (Wildman–Crippen MR) is 172 cm³/mol. The summed E-state index contributed by atoms with van der Waals surface area (Å²) in [6.07, 6.45) is 16.5. The Labute approximate surface area is 260 Å². The number of methoxy groups -OCH3 is 1. The normalized spacial score (nSPS) is 19.3. The van der Waals surface area contributed by atoms with E-state index in [0.717, 1.165) is 106 Å². The van der Waals surface area contributed by atoms with Gasteiger partial charge in [-0.15, -0.1) is 0 Å². The molecule has 2 fully saturated rings. The highest BCUT2D eigenvalue weighted by Crippen LogP contribution is 2.40. The molecular formula is C37H54O6. The smallest absolute Gasteiger partial charge is 0.119 e. The first kappa shape index (κ1) is 33.4. The molecular weight excluding hydrogens is 540 g/mol. The van der Waals surface area contributed by atoms with Crippen molar-refractivity contribution >= 4 is 0 Å². The Bertz CT molecular complexity index is 1000. The summed E-state index contributed by atoms with van der Waals surface area (Å²) in [6.45, 7) is 7.58. The molecule has 4 rings (SSSR count). The van der Waals surface area contributed by atoms with Gasteiger partial charge in [-0.3, -0.25) is 0 Å². The van der Waals surface area contributed by atoms with E-state index in [1.165, 1.54) is 44.1 Å². The van der Waals surface area contributed by atoms with Gasteiger partial charge in [-0.25, -0.2) is 9.78 Å². The maximum absolute atomic E-state index is 5.93. The van der Waals surface area contributed by atoms with E-state index in [1.54, 1.807) is 7.11 Å². The SMILES string of the molecule is C=C1CCC(C2CCC(OOCc3ccc(OCCCCCCOc4ccc(OCCCCOC)cc4)cc3)CC2)CC1. The van der Waals surface area contributed by atoms with Gasteiger partial charge in [-0.05, 0) is 144 Å². The lowest BCUT2D eigenvalue weighted by molar-refractivity contribution is -0.338. The van der Waals surface area contributed by atoms with Crippen LogP contribution in [0.5, 0.6) is 17.2 Å². The van der Waals surface area contributed by atoms with Crippen LogP contribution in [0.15, 0.2) is 60.7 Å². The molecule has 2 aliphatic carbocycles. The van der Waals surface area contributed by atoms with E-state index in [0.29, 0.717) is 13.2 Å². The number of rotatable bonds is 20. The molecule has 2 aromatic rings. The molecule has 2 saturated carbocycles. The maximum Gasteiger partial charge on any atom is 0.119 e. The van der Waals surface area contributed by atoms with Crippen LogP contribution in [0.1, 0.15) is 95.5 Å². The third-order valence-electron chi connectivity index (χ3n) is 8.89. The van der Waals surface area contributed by atoms with Crippen LogP contribution in [0, 0.1) is 11.8 Å². The van der Waals surface area contributed by atoms with Crippen LogP contribution < -0.4 is 14.2 Å². The number of hydrogen-bond donors (Lipinski definition) is 0. The van der Waals surface area contributed by atoms with E-state index in [-0.39, 0.29) is 6.10 Å². The lowest BCUT2D eigenvalue weighted by Gasteiger charge is -2.35. The quantitative estimate of drug-likeness (QED) is 0.0659. The molecule has 0 spiro atoms. The highest BCUT2D eigenvalue weighted by molar-refractivity contribution is 5.31. The van der Waals surface area contributed by atoms with Crippen LogP contribution in [0.2, 0.25) is 0 Å². The minimum atomic E-state index is 0.233. The second kappa shape index (κ2) is 19.7. The van der Waals surface area contributed by atoms with Crippen LogP contribution in [0.25, 0.3) is 0 Å². The van der Waals surface area contributed by atoms with Gasteiger partial charge in [0.15, 0.2) is 0 Å². The topological polar surface area (TPSA) is 55.4 Å². The van der Waals surface area contributed by atoms with Gasteiger partial charge in [0.05, 0.1) is 25.9 Å². The first-order valence-corrected chi connectivity index (χ1v) is 16.7. The van der Waals surface area contributed by atoms with Crippen LogP contribution in [-0.2, 0) is 21.1 Å². The number of hydrogen-bond acceptors (Lipinski definition) is 6. The van der Waals surface area contributed by atoms with Crippen molar-refractivity contribution in [3.05, 3.63) is 66.2 Å². The average Bonchev–Trinajstić information content (AvgIpc) is 3.04. The predicted octanol–water partition coefficient (Wildman–Crippen LogP) is 9.26. The third-order valence-corrected chi connectivity index (χ3v) is 8.89. The van der Waals surface area contributed by atoms with Gasteiger partial charge in [-0.2, -0.15) is 0 Å². The molecule has 0 aliphatic heterocycles.